The molecule has 0 atom stereocenters. The van der Waals surface area contributed by atoms with Crippen molar-refractivity contribution in [3.8, 4) is 11.5 Å². The van der Waals surface area contributed by atoms with Gasteiger partial charge < -0.3 is 4.74 Å². The maximum Gasteiger partial charge on any atom is 0.165 e. The lowest BCUT2D eigenvalue weighted by Crippen LogP contribution is -1.90. The van der Waals surface area contributed by atoms with Crippen LogP contribution in [0.2, 0.25) is 0 Å². The molecule has 0 fully saturated rings. The first-order chi connectivity index (χ1) is 9.20. The molecule has 0 saturated heterocycles. The van der Waals surface area contributed by atoms with Crippen molar-refractivity contribution < 1.29 is 13.5 Å². The molecule has 0 amide bonds. The van der Waals surface area contributed by atoms with Gasteiger partial charge in [0.25, 0.3) is 0 Å². The Morgan fingerprint density at radius 2 is 1.84 bits per heavy atom. The molecule has 2 aromatic rings. The Labute approximate surface area is 110 Å². The third-order valence-corrected chi connectivity index (χ3v) is 2.44. The maximum absolute atomic E-state index is 13.6. The van der Waals surface area contributed by atoms with E-state index in [1.807, 2.05) is 6.07 Å². The van der Waals surface area contributed by atoms with Crippen LogP contribution in [0.3, 0.4) is 0 Å². The Hall–Kier alpha value is -2.42. The zero-order valence-corrected chi connectivity index (χ0v) is 10.1. The standard InChI is InChI=1S/C16H12F2O/c1-2-6-14(17)12-9-10-15(18)16(11-12)19-13-7-4-3-5-8-13/h2-11H,1H2. The molecule has 1 nitrogen and oxygen atoms in total. The van der Waals surface area contributed by atoms with Crippen LogP contribution < -0.4 is 4.74 Å². The summed E-state index contributed by atoms with van der Waals surface area (Å²) in [6.07, 6.45) is 2.54. The van der Waals surface area contributed by atoms with Crippen molar-refractivity contribution in [2.75, 3.05) is 0 Å². The minimum absolute atomic E-state index is 0.0173. The van der Waals surface area contributed by atoms with Gasteiger partial charge in [0, 0.05) is 5.56 Å². The van der Waals surface area contributed by atoms with Crippen LogP contribution in [0, 0.1) is 5.82 Å². The lowest BCUT2D eigenvalue weighted by Gasteiger charge is -2.08. The lowest BCUT2D eigenvalue weighted by molar-refractivity contribution is 0.442. The molecule has 0 spiro atoms. The van der Waals surface area contributed by atoms with Gasteiger partial charge in [0.1, 0.15) is 11.6 Å². The summed E-state index contributed by atoms with van der Waals surface area (Å²) < 4.78 is 32.6. The van der Waals surface area contributed by atoms with Crippen molar-refractivity contribution in [1.82, 2.24) is 0 Å². The van der Waals surface area contributed by atoms with Gasteiger partial charge in [0.15, 0.2) is 11.6 Å². The van der Waals surface area contributed by atoms with E-state index in [1.165, 1.54) is 30.4 Å². The van der Waals surface area contributed by atoms with Gasteiger partial charge in [0.05, 0.1) is 0 Å². The molecule has 0 radical (unpaired) electrons. The largest absolute Gasteiger partial charge is 0.454 e. The second kappa shape index (κ2) is 5.96. The minimum atomic E-state index is -0.543. The number of allylic oxidation sites excluding steroid dienone is 2. The van der Waals surface area contributed by atoms with Crippen LogP contribution in [0.25, 0.3) is 5.83 Å². The van der Waals surface area contributed by atoms with Crippen molar-refractivity contribution in [2.24, 2.45) is 0 Å². The fourth-order valence-electron chi connectivity index (χ4n) is 1.55. The van der Waals surface area contributed by atoms with E-state index >= 15 is 0 Å². The normalized spacial score (nSPS) is 11.2. The van der Waals surface area contributed by atoms with Crippen molar-refractivity contribution in [2.45, 2.75) is 0 Å². The Kier molecular flexibility index (Phi) is 4.08. The van der Waals surface area contributed by atoms with Gasteiger partial charge in [-0.25, -0.2) is 8.78 Å². The predicted octanol–water partition coefficient (Wildman–Crippen LogP) is 5.11. The number of ether oxygens (including phenoxy) is 1. The van der Waals surface area contributed by atoms with E-state index in [4.69, 9.17) is 4.74 Å². The van der Waals surface area contributed by atoms with Crippen LogP contribution in [0.1, 0.15) is 5.56 Å². The van der Waals surface area contributed by atoms with E-state index in [1.54, 1.807) is 24.3 Å². The molecule has 0 heterocycles. The summed E-state index contributed by atoms with van der Waals surface area (Å²) in [6.45, 7) is 3.41. The Balaban J connectivity index is 2.32. The second-order valence-electron chi connectivity index (χ2n) is 3.81. The van der Waals surface area contributed by atoms with Crippen LogP contribution in [0.15, 0.2) is 67.3 Å². The molecule has 0 aliphatic carbocycles. The fraction of sp³-hybridized carbons (Fsp3) is 0. The summed E-state index contributed by atoms with van der Waals surface area (Å²) in [5.74, 6) is -0.560. The topological polar surface area (TPSA) is 9.23 Å². The second-order valence-corrected chi connectivity index (χ2v) is 3.81. The Morgan fingerprint density at radius 1 is 1.11 bits per heavy atom. The summed E-state index contributed by atoms with van der Waals surface area (Å²) >= 11 is 0. The molecule has 2 rings (SSSR count). The summed E-state index contributed by atoms with van der Waals surface area (Å²) in [4.78, 5) is 0. The highest BCUT2D eigenvalue weighted by Crippen LogP contribution is 2.28. The molecule has 0 aliphatic heterocycles. The van der Waals surface area contributed by atoms with Crippen LogP contribution in [-0.2, 0) is 0 Å². The van der Waals surface area contributed by atoms with E-state index in [0.29, 0.717) is 5.75 Å². The van der Waals surface area contributed by atoms with Gasteiger partial charge >= 0.3 is 0 Å². The molecule has 3 heteroatoms. The lowest BCUT2D eigenvalue weighted by atomic mass is 10.1. The maximum atomic E-state index is 13.6. The fourth-order valence-corrected chi connectivity index (χ4v) is 1.55. The van der Waals surface area contributed by atoms with Crippen LogP contribution >= 0.6 is 0 Å². The molecule has 0 N–H and O–H groups in total. The molecular formula is C16H12F2O. The third kappa shape index (κ3) is 3.28. The van der Waals surface area contributed by atoms with Gasteiger partial charge in [-0.2, -0.15) is 0 Å². The molecule has 0 unspecified atom stereocenters. The van der Waals surface area contributed by atoms with E-state index in [2.05, 4.69) is 6.58 Å². The number of halogens is 2. The van der Waals surface area contributed by atoms with Crippen molar-refractivity contribution >= 4 is 5.83 Å². The highest BCUT2D eigenvalue weighted by atomic mass is 19.1. The smallest absolute Gasteiger partial charge is 0.165 e. The monoisotopic (exact) mass is 258 g/mol. The summed E-state index contributed by atoms with van der Waals surface area (Å²) in [6, 6.07) is 12.6. The minimum Gasteiger partial charge on any atom is -0.454 e. The zero-order chi connectivity index (χ0) is 13.7. The third-order valence-electron chi connectivity index (χ3n) is 2.44. The van der Waals surface area contributed by atoms with Crippen molar-refractivity contribution in [3.63, 3.8) is 0 Å². The highest BCUT2D eigenvalue weighted by Gasteiger charge is 2.08. The molecule has 0 saturated carbocycles. The first-order valence-electron chi connectivity index (χ1n) is 5.72. The molecule has 0 aliphatic rings. The Bertz CT molecular complexity index is 603. The number of para-hydroxylation sites is 1. The average molecular weight is 258 g/mol. The molecule has 2 aromatic carbocycles. The molecule has 96 valence electrons. The SMILES string of the molecule is C=CC=C(F)c1ccc(F)c(Oc2ccccc2)c1. The molecule has 0 bridgehead atoms. The summed E-state index contributed by atoms with van der Waals surface area (Å²) in [5.41, 5.74) is 0.243. The quantitative estimate of drug-likeness (QED) is 0.692. The zero-order valence-electron chi connectivity index (χ0n) is 10.1. The highest BCUT2D eigenvalue weighted by molar-refractivity contribution is 5.62. The van der Waals surface area contributed by atoms with Gasteiger partial charge in [0.2, 0.25) is 0 Å². The van der Waals surface area contributed by atoms with Crippen molar-refractivity contribution in [1.29, 1.82) is 0 Å². The van der Waals surface area contributed by atoms with Crippen LogP contribution in [-0.4, -0.2) is 0 Å². The molecule has 0 aromatic heterocycles. The van der Waals surface area contributed by atoms with Crippen LogP contribution in [0.4, 0.5) is 8.78 Å². The Morgan fingerprint density at radius 3 is 2.53 bits per heavy atom. The molecule has 19 heavy (non-hydrogen) atoms. The molecular weight excluding hydrogens is 246 g/mol. The van der Waals surface area contributed by atoms with E-state index in [-0.39, 0.29) is 11.3 Å². The first kappa shape index (κ1) is 13.0. The van der Waals surface area contributed by atoms with Gasteiger partial charge in [-0.1, -0.05) is 30.9 Å². The van der Waals surface area contributed by atoms with Gasteiger partial charge in [-0.3, -0.25) is 0 Å². The average Bonchev–Trinajstić information content (AvgIpc) is 2.42. The van der Waals surface area contributed by atoms with Crippen molar-refractivity contribution in [3.05, 3.63) is 78.6 Å². The van der Waals surface area contributed by atoms with E-state index in [0.717, 1.165) is 0 Å². The first-order valence-corrected chi connectivity index (χ1v) is 5.72. The van der Waals surface area contributed by atoms with Gasteiger partial charge in [-0.05, 0) is 36.4 Å². The summed E-state index contributed by atoms with van der Waals surface area (Å²) in [7, 11) is 0. The van der Waals surface area contributed by atoms with E-state index in [9.17, 15) is 8.78 Å². The number of hydrogen-bond donors (Lipinski definition) is 0. The predicted molar refractivity (Wildman–Crippen MR) is 72.2 cm³/mol. The number of benzene rings is 2. The summed E-state index contributed by atoms with van der Waals surface area (Å²) in [5, 5.41) is 0. The van der Waals surface area contributed by atoms with Crippen LogP contribution in [0.5, 0.6) is 11.5 Å². The van der Waals surface area contributed by atoms with Gasteiger partial charge in [-0.15, -0.1) is 0 Å². The van der Waals surface area contributed by atoms with E-state index < -0.39 is 11.6 Å². The number of hydrogen-bond acceptors (Lipinski definition) is 1. The number of rotatable bonds is 4.